The van der Waals surface area contributed by atoms with Crippen LogP contribution in [-0.4, -0.2) is 17.3 Å². The van der Waals surface area contributed by atoms with Gasteiger partial charge in [0.25, 0.3) is 0 Å². The molecule has 2 unspecified atom stereocenters. The first-order chi connectivity index (χ1) is 7.76. The van der Waals surface area contributed by atoms with Crippen molar-refractivity contribution in [2.45, 2.75) is 31.8 Å². The van der Waals surface area contributed by atoms with Crippen LogP contribution in [0.4, 0.5) is 0 Å². The SMILES string of the molecule is CCC1CC(C(=N)OO)c2ccccc2O1. The molecule has 1 aliphatic heterocycles. The average Bonchev–Trinajstić information content (AvgIpc) is 2.36. The average molecular weight is 221 g/mol. The van der Waals surface area contributed by atoms with Crippen molar-refractivity contribution in [3.63, 3.8) is 0 Å². The fourth-order valence-electron chi connectivity index (χ4n) is 2.06. The normalized spacial score (nSPS) is 23.1. The van der Waals surface area contributed by atoms with Crippen LogP contribution in [0.5, 0.6) is 5.75 Å². The van der Waals surface area contributed by atoms with E-state index in [1.165, 1.54) is 0 Å². The van der Waals surface area contributed by atoms with Gasteiger partial charge in [0.2, 0.25) is 5.90 Å². The maximum atomic E-state index is 8.61. The summed E-state index contributed by atoms with van der Waals surface area (Å²) in [5.41, 5.74) is 0.909. The zero-order valence-corrected chi connectivity index (χ0v) is 9.14. The van der Waals surface area contributed by atoms with Crippen LogP contribution in [0.25, 0.3) is 0 Å². The summed E-state index contributed by atoms with van der Waals surface area (Å²) in [5.74, 6) is 0.460. The first kappa shape index (κ1) is 11.0. The van der Waals surface area contributed by atoms with E-state index < -0.39 is 0 Å². The minimum Gasteiger partial charge on any atom is -0.490 e. The Bertz CT molecular complexity index is 392. The molecule has 0 aliphatic carbocycles. The quantitative estimate of drug-likeness (QED) is 0.349. The van der Waals surface area contributed by atoms with E-state index >= 15 is 0 Å². The fraction of sp³-hybridized carbons (Fsp3) is 0.417. The number of para-hydroxylation sites is 1. The van der Waals surface area contributed by atoms with Crippen molar-refractivity contribution < 1.29 is 14.9 Å². The lowest BCUT2D eigenvalue weighted by Gasteiger charge is -2.30. The molecule has 16 heavy (non-hydrogen) atoms. The number of benzene rings is 1. The van der Waals surface area contributed by atoms with Crippen molar-refractivity contribution in [2.75, 3.05) is 0 Å². The number of nitrogens with one attached hydrogen (secondary N) is 1. The zero-order chi connectivity index (χ0) is 11.5. The largest absolute Gasteiger partial charge is 0.490 e. The Hall–Kier alpha value is -1.55. The first-order valence-electron chi connectivity index (χ1n) is 5.41. The minimum atomic E-state index is -0.208. The highest BCUT2D eigenvalue weighted by Gasteiger charge is 2.31. The highest BCUT2D eigenvalue weighted by molar-refractivity contribution is 5.81. The zero-order valence-electron chi connectivity index (χ0n) is 9.14. The van der Waals surface area contributed by atoms with Crippen LogP contribution in [0.15, 0.2) is 24.3 Å². The highest BCUT2D eigenvalue weighted by atomic mass is 17.1. The lowest BCUT2D eigenvalue weighted by molar-refractivity contribution is -0.160. The van der Waals surface area contributed by atoms with Crippen LogP contribution in [0.3, 0.4) is 0 Å². The molecule has 0 amide bonds. The van der Waals surface area contributed by atoms with E-state index in [1.807, 2.05) is 31.2 Å². The molecule has 2 N–H and O–H groups in total. The van der Waals surface area contributed by atoms with Gasteiger partial charge >= 0.3 is 0 Å². The van der Waals surface area contributed by atoms with Crippen molar-refractivity contribution in [3.8, 4) is 5.75 Å². The highest BCUT2D eigenvalue weighted by Crippen LogP contribution is 2.37. The van der Waals surface area contributed by atoms with Gasteiger partial charge in [-0.2, -0.15) is 0 Å². The van der Waals surface area contributed by atoms with Gasteiger partial charge in [-0.05, 0) is 12.5 Å². The van der Waals surface area contributed by atoms with Crippen LogP contribution in [-0.2, 0) is 4.89 Å². The summed E-state index contributed by atoms with van der Waals surface area (Å²) in [6.07, 6.45) is 1.63. The van der Waals surface area contributed by atoms with Gasteiger partial charge in [0.15, 0.2) is 0 Å². The molecule has 1 aromatic carbocycles. The van der Waals surface area contributed by atoms with E-state index in [-0.39, 0.29) is 17.9 Å². The van der Waals surface area contributed by atoms with Gasteiger partial charge in [0.05, 0.1) is 12.0 Å². The van der Waals surface area contributed by atoms with Crippen molar-refractivity contribution in [3.05, 3.63) is 29.8 Å². The van der Waals surface area contributed by atoms with Crippen LogP contribution in [0, 0.1) is 5.41 Å². The summed E-state index contributed by atoms with van der Waals surface area (Å²) >= 11 is 0. The van der Waals surface area contributed by atoms with Crippen molar-refractivity contribution >= 4 is 5.90 Å². The Kier molecular flexibility index (Phi) is 3.10. The lowest BCUT2D eigenvalue weighted by Crippen LogP contribution is -2.29. The third-order valence-electron chi connectivity index (χ3n) is 2.96. The van der Waals surface area contributed by atoms with Crippen LogP contribution in [0.1, 0.15) is 31.2 Å². The van der Waals surface area contributed by atoms with Gasteiger partial charge < -0.3 is 9.62 Å². The minimum absolute atomic E-state index is 0.0791. The standard InChI is InChI=1S/C12H15NO3/c1-2-8-7-10(12(13)16-14)9-5-3-4-6-11(9)15-8/h3-6,8,10,13-14H,2,7H2,1H3. The molecule has 1 aromatic rings. The smallest absolute Gasteiger partial charge is 0.232 e. The molecule has 0 spiro atoms. The van der Waals surface area contributed by atoms with E-state index in [0.717, 1.165) is 17.7 Å². The molecule has 0 bridgehead atoms. The fourth-order valence-corrected chi connectivity index (χ4v) is 2.06. The van der Waals surface area contributed by atoms with Crippen molar-refractivity contribution in [1.82, 2.24) is 0 Å². The summed E-state index contributed by atoms with van der Waals surface area (Å²) in [4.78, 5) is 4.07. The topological polar surface area (TPSA) is 62.5 Å². The van der Waals surface area contributed by atoms with Gasteiger partial charge in [-0.25, -0.2) is 5.26 Å². The molecule has 0 radical (unpaired) electrons. The Morgan fingerprint density at radius 2 is 2.31 bits per heavy atom. The maximum absolute atomic E-state index is 8.61. The lowest BCUT2D eigenvalue weighted by atomic mass is 9.89. The number of rotatable bonds is 2. The summed E-state index contributed by atoms with van der Waals surface area (Å²) < 4.78 is 5.77. The molecule has 86 valence electrons. The summed E-state index contributed by atoms with van der Waals surface area (Å²) in [6, 6.07) is 7.58. The van der Waals surface area contributed by atoms with E-state index in [4.69, 9.17) is 15.4 Å². The molecule has 1 aliphatic rings. The molecular weight excluding hydrogens is 206 g/mol. The molecule has 2 rings (SSSR count). The molecule has 4 nitrogen and oxygen atoms in total. The predicted octanol–water partition coefficient (Wildman–Crippen LogP) is 2.80. The molecule has 0 aromatic heterocycles. The van der Waals surface area contributed by atoms with E-state index in [1.54, 1.807) is 0 Å². The predicted molar refractivity (Wildman–Crippen MR) is 59.9 cm³/mol. The second-order valence-corrected chi connectivity index (χ2v) is 3.93. The van der Waals surface area contributed by atoms with Gasteiger partial charge in [-0.1, -0.05) is 25.1 Å². The first-order valence-corrected chi connectivity index (χ1v) is 5.41. The third kappa shape index (κ3) is 1.88. The van der Waals surface area contributed by atoms with Gasteiger partial charge in [-0.15, -0.1) is 0 Å². The van der Waals surface area contributed by atoms with E-state index in [9.17, 15) is 0 Å². The van der Waals surface area contributed by atoms with E-state index in [2.05, 4.69) is 4.89 Å². The van der Waals surface area contributed by atoms with Crippen LogP contribution >= 0.6 is 0 Å². The summed E-state index contributed by atoms with van der Waals surface area (Å²) in [6.45, 7) is 2.04. The third-order valence-corrected chi connectivity index (χ3v) is 2.96. The molecule has 0 saturated carbocycles. The second-order valence-electron chi connectivity index (χ2n) is 3.93. The molecular formula is C12H15NO3. The second kappa shape index (κ2) is 4.53. The Balaban J connectivity index is 2.35. The molecule has 1 heterocycles. The number of fused-ring (bicyclic) bond motifs is 1. The Morgan fingerprint density at radius 3 is 3.00 bits per heavy atom. The maximum Gasteiger partial charge on any atom is 0.232 e. The van der Waals surface area contributed by atoms with Crippen LogP contribution < -0.4 is 4.74 Å². The number of hydrogen-bond donors (Lipinski definition) is 2. The van der Waals surface area contributed by atoms with E-state index in [0.29, 0.717) is 6.42 Å². The molecule has 0 saturated heterocycles. The molecule has 2 atom stereocenters. The monoisotopic (exact) mass is 221 g/mol. The van der Waals surface area contributed by atoms with Gasteiger partial charge in [0, 0.05) is 12.0 Å². The molecule has 4 heteroatoms. The molecule has 0 fully saturated rings. The van der Waals surface area contributed by atoms with Crippen molar-refractivity contribution in [2.24, 2.45) is 0 Å². The number of ether oxygens (including phenoxy) is 1. The summed E-state index contributed by atoms with van der Waals surface area (Å²) in [7, 11) is 0. The summed E-state index contributed by atoms with van der Waals surface area (Å²) in [5, 5.41) is 16.2. The van der Waals surface area contributed by atoms with Gasteiger partial charge in [0.1, 0.15) is 5.75 Å². The van der Waals surface area contributed by atoms with Crippen molar-refractivity contribution in [1.29, 1.82) is 5.41 Å². The Labute approximate surface area is 94.3 Å². The Morgan fingerprint density at radius 1 is 1.56 bits per heavy atom. The number of hydrogen-bond acceptors (Lipinski definition) is 4. The van der Waals surface area contributed by atoms with Crippen LogP contribution in [0.2, 0.25) is 0 Å². The van der Waals surface area contributed by atoms with Gasteiger partial charge in [-0.3, -0.25) is 5.41 Å².